The summed E-state index contributed by atoms with van der Waals surface area (Å²) in [5, 5.41) is 0. The van der Waals surface area contributed by atoms with Crippen LogP contribution in [0.1, 0.15) is 12.5 Å². The van der Waals surface area contributed by atoms with E-state index >= 15 is 0 Å². The summed E-state index contributed by atoms with van der Waals surface area (Å²) in [6, 6.07) is 8.31. The van der Waals surface area contributed by atoms with E-state index in [9.17, 15) is 0 Å². The van der Waals surface area contributed by atoms with Crippen molar-refractivity contribution >= 4 is 17.0 Å². The number of anilines is 1. The molecule has 0 aliphatic rings. The third-order valence-corrected chi connectivity index (χ3v) is 2.94. The zero-order valence-electron chi connectivity index (χ0n) is 11.4. The van der Waals surface area contributed by atoms with Crippen LogP contribution in [0.25, 0.3) is 16.9 Å². The van der Waals surface area contributed by atoms with Crippen LogP contribution >= 0.6 is 0 Å². The maximum absolute atomic E-state index is 5.67. The van der Waals surface area contributed by atoms with E-state index in [4.69, 9.17) is 10.5 Å². The molecule has 0 amide bonds. The third kappa shape index (κ3) is 2.05. The molecule has 0 radical (unpaired) electrons. The van der Waals surface area contributed by atoms with Crippen molar-refractivity contribution < 1.29 is 4.74 Å². The predicted octanol–water partition coefficient (Wildman–Crippen LogP) is 2.10. The molecular weight excluding hydrogens is 254 g/mol. The van der Waals surface area contributed by atoms with Gasteiger partial charge in [0.15, 0.2) is 0 Å². The van der Waals surface area contributed by atoms with Gasteiger partial charge in [0.25, 0.3) is 0 Å². The Morgan fingerprint density at radius 2 is 2.10 bits per heavy atom. The Morgan fingerprint density at radius 3 is 2.85 bits per heavy atom. The number of hydrogen-bond acceptors (Lipinski definition) is 5. The lowest BCUT2D eigenvalue weighted by Crippen LogP contribution is -2.05. The molecule has 1 aromatic carbocycles. The van der Waals surface area contributed by atoms with E-state index in [1.165, 1.54) is 0 Å². The van der Waals surface area contributed by atoms with Crippen molar-refractivity contribution in [2.45, 2.75) is 13.8 Å². The molecule has 6 heteroatoms. The second-order valence-electron chi connectivity index (χ2n) is 4.43. The number of fused-ring (bicyclic) bond motifs is 1. The second-order valence-corrected chi connectivity index (χ2v) is 4.43. The number of aromatic nitrogens is 4. The Bertz CT molecular complexity index is 765. The largest absolute Gasteiger partial charge is 0.465 e. The third-order valence-electron chi connectivity index (χ3n) is 2.94. The molecule has 2 aromatic heterocycles. The Balaban J connectivity index is 2.30. The van der Waals surface area contributed by atoms with E-state index in [2.05, 4.69) is 15.0 Å². The van der Waals surface area contributed by atoms with Gasteiger partial charge in [0.1, 0.15) is 5.82 Å². The first kappa shape index (κ1) is 12.4. The van der Waals surface area contributed by atoms with Crippen molar-refractivity contribution in [3.8, 4) is 11.8 Å². The summed E-state index contributed by atoms with van der Waals surface area (Å²) in [5.74, 6) is 0.869. The van der Waals surface area contributed by atoms with Gasteiger partial charge in [-0.25, -0.2) is 9.55 Å². The smallest absolute Gasteiger partial charge is 0.303 e. The van der Waals surface area contributed by atoms with Crippen molar-refractivity contribution in [3.05, 3.63) is 36.0 Å². The van der Waals surface area contributed by atoms with Crippen LogP contribution in [0.3, 0.4) is 0 Å². The zero-order chi connectivity index (χ0) is 14.1. The molecular formula is C14H15N5O. The molecule has 0 spiro atoms. The highest BCUT2D eigenvalue weighted by Crippen LogP contribution is 2.26. The molecule has 0 aliphatic carbocycles. The number of ether oxygens (including phenoxy) is 1. The van der Waals surface area contributed by atoms with Gasteiger partial charge in [-0.15, -0.1) is 0 Å². The number of nitrogens with zero attached hydrogens (tertiary/aromatic N) is 4. The molecule has 3 aromatic rings. The van der Waals surface area contributed by atoms with Crippen LogP contribution in [0.4, 0.5) is 5.95 Å². The first-order valence-electron chi connectivity index (χ1n) is 6.40. The number of nitrogen functional groups attached to an aromatic ring is 1. The number of aryl methyl sites for hydroxylation is 1. The van der Waals surface area contributed by atoms with E-state index in [0.29, 0.717) is 18.4 Å². The van der Waals surface area contributed by atoms with Crippen molar-refractivity contribution in [1.29, 1.82) is 0 Å². The average Bonchev–Trinajstić information content (AvgIpc) is 2.76. The standard InChI is InChI=1S/C14H15N5O/c1-3-20-14-17-10-5-4-9(2)8-11(10)19(14)12-6-7-16-13(15)18-12/h4-8H,3H2,1-2H3,(H2,15,16,18). The number of nitrogens with two attached hydrogens (primary N) is 1. The summed E-state index contributed by atoms with van der Waals surface area (Å²) in [6.45, 7) is 4.48. The molecule has 0 bridgehead atoms. The average molecular weight is 269 g/mol. The van der Waals surface area contributed by atoms with E-state index < -0.39 is 0 Å². The fourth-order valence-corrected chi connectivity index (χ4v) is 2.10. The summed E-state index contributed by atoms with van der Waals surface area (Å²) in [7, 11) is 0. The van der Waals surface area contributed by atoms with Crippen LogP contribution in [-0.4, -0.2) is 26.1 Å². The van der Waals surface area contributed by atoms with E-state index in [0.717, 1.165) is 16.6 Å². The minimum absolute atomic E-state index is 0.222. The molecule has 2 N–H and O–H groups in total. The fourth-order valence-electron chi connectivity index (χ4n) is 2.10. The molecule has 0 saturated carbocycles. The highest BCUT2D eigenvalue weighted by molar-refractivity contribution is 5.79. The summed E-state index contributed by atoms with van der Waals surface area (Å²) in [6.07, 6.45) is 1.62. The lowest BCUT2D eigenvalue weighted by molar-refractivity contribution is 0.309. The van der Waals surface area contributed by atoms with Crippen molar-refractivity contribution in [2.75, 3.05) is 12.3 Å². The van der Waals surface area contributed by atoms with Crippen LogP contribution in [0.2, 0.25) is 0 Å². The molecule has 0 fully saturated rings. The summed E-state index contributed by atoms with van der Waals surface area (Å²) >= 11 is 0. The summed E-state index contributed by atoms with van der Waals surface area (Å²) in [4.78, 5) is 12.7. The Kier molecular flexibility index (Phi) is 2.98. The molecule has 0 aliphatic heterocycles. The SMILES string of the molecule is CCOc1nc2ccc(C)cc2n1-c1ccnc(N)n1. The normalized spacial score (nSPS) is 10.9. The van der Waals surface area contributed by atoms with Gasteiger partial charge < -0.3 is 10.5 Å². The molecule has 6 nitrogen and oxygen atoms in total. The highest BCUT2D eigenvalue weighted by atomic mass is 16.5. The van der Waals surface area contributed by atoms with Gasteiger partial charge in [0.2, 0.25) is 5.95 Å². The molecule has 3 rings (SSSR count). The molecule has 2 heterocycles. The summed E-state index contributed by atoms with van der Waals surface area (Å²) < 4.78 is 7.46. The first-order valence-corrected chi connectivity index (χ1v) is 6.40. The lowest BCUT2D eigenvalue weighted by Gasteiger charge is -2.08. The van der Waals surface area contributed by atoms with Crippen LogP contribution < -0.4 is 10.5 Å². The lowest BCUT2D eigenvalue weighted by atomic mass is 10.2. The second kappa shape index (κ2) is 4.80. The van der Waals surface area contributed by atoms with Crippen molar-refractivity contribution in [1.82, 2.24) is 19.5 Å². The van der Waals surface area contributed by atoms with Crippen molar-refractivity contribution in [3.63, 3.8) is 0 Å². The number of hydrogen-bond donors (Lipinski definition) is 1. The van der Waals surface area contributed by atoms with Crippen LogP contribution in [0.15, 0.2) is 30.5 Å². The number of imidazole rings is 1. The quantitative estimate of drug-likeness (QED) is 0.787. The maximum Gasteiger partial charge on any atom is 0.303 e. The van der Waals surface area contributed by atoms with E-state index in [1.54, 1.807) is 12.3 Å². The number of benzene rings is 1. The van der Waals surface area contributed by atoms with E-state index in [-0.39, 0.29) is 5.95 Å². The predicted molar refractivity (Wildman–Crippen MR) is 77.0 cm³/mol. The van der Waals surface area contributed by atoms with Gasteiger partial charge in [-0.2, -0.15) is 9.97 Å². The highest BCUT2D eigenvalue weighted by Gasteiger charge is 2.14. The van der Waals surface area contributed by atoms with Gasteiger partial charge in [-0.3, -0.25) is 0 Å². The van der Waals surface area contributed by atoms with Crippen LogP contribution in [0, 0.1) is 6.92 Å². The van der Waals surface area contributed by atoms with Crippen molar-refractivity contribution in [2.24, 2.45) is 0 Å². The summed E-state index contributed by atoms with van der Waals surface area (Å²) in [5.41, 5.74) is 8.60. The Hall–Kier alpha value is -2.63. The van der Waals surface area contributed by atoms with Crippen LogP contribution in [0.5, 0.6) is 6.01 Å². The van der Waals surface area contributed by atoms with Gasteiger partial charge >= 0.3 is 6.01 Å². The monoisotopic (exact) mass is 269 g/mol. The molecule has 20 heavy (non-hydrogen) atoms. The zero-order valence-corrected chi connectivity index (χ0v) is 11.4. The van der Waals surface area contributed by atoms with Gasteiger partial charge in [-0.05, 0) is 31.5 Å². The number of rotatable bonds is 3. The first-order chi connectivity index (χ1) is 9.69. The van der Waals surface area contributed by atoms with E-state index in [1.807, 2.05) is 36.6 Å². The van der Waals surface area contributed by atoms with Gasteiger partial charge in [-0.1, -0.05) is 6.07 Å². The minimum Gasteiger partial charge on any atom is -0.465 e. The molecule has 0 saturated heterocycles. The topological polar surface area (TPSA) is 78.8 Å². The Labute approximate surface area is 116 Å². The molecule has 0 unspecified atom stereocenters. The minimum atomic E-state index is 0.222. The fraction of sp³-hybridized carbons (Fsp3) is 0.214. The molecule has 102 valence electrons. The molecule has 0 atom stereocenters. The van der Waals surface area contributed by atoms with Gasteiger partial charge in [0.05, 0.1) is 17.6 Å². The van der Waals surface area contributed by atoms with Crippen LogP contribution in [-0.2, 0) is 0 Å². The van der Waals surface area contributed by atoms with Gasteiger partial charge in [0, 0.05) is 12.3 Å². The maximum atomic E-state index is 5.67. The Morgan fingerprint density at radius 1 is 1.25 bits per heavy atom.